The van der Waals surface area contributed by atoms with E-state index in [2.05, 4.69) is 33.0 Å². The minimum atomic E-state index is -0.583. The zero-order chi connectivity index (χ0) is 15.1. The monoisotopic (exact) mass is 274 g/mol. The van der Waals surface area contributed by atoms with Crippen LogP contribution in [0.2, 0.25) is 0 Å². The van der Waals surface area contributed by atoms with Gasteiger partial charge >= 0.3 is 0 Å². The van der Waals surface area contributed by atoms with Crippen molar-refractivity contribution < 1.29 is 4.79 Å². The minimum absolute atomic E-state index is 0.0904. The van der Waals surface area contributed by atoms with E-state index in [1.807, 2.05) is 31.2 Å². The third kappa shape index (κ3) is 2.47. The van der Waals surface area contributed by atoms with Crippen molar-refractivity contribution in [3.05, 3.63) is 35.4 Å². The Morgan fingerprint density at radius 2 is 1.70 bits per heavy atom. The summed E-state index contributed by atoms with van der Waals surface area (Å²) < 4.78 is 0. The van der Waals surface area contributed by atoms with Crippen molar-refractivity contribution in [3.63, 3.8) is 0 Å². The van der Waals surface area contributed by atoms with E-state index in [-0.39, 0.29) is 16.7 Å². The molecule has 0 bridgehead atoms. The van der Waals surface area contributed by atoms with Gasteiger partial charge in [-0.2, -0.15) is 0 Å². The lowest BCUT2D eigenvalue weighted by molar-refractivity contribution is -0.122. The highest BCUT2D eigenvalue weighted by atomic mass is 16.2. The standard InChI is InChI=1S/C17H26N2O/c1-11-6-8-12(9-7-11)14(18)15(20)19-10-13-16(2,3)17(13,4)5/h6-9,13-14H,10,18H2,1-5H3,(H,19,20). The Kier molecular flexibility index (Phi) is 3.67. The van der Waals surface area contributed by atoms with Crippen molar-refractivity contribution in [3.8, 4) is 0 Å². The number of hydrogen-bond acceptors (Lipinski definition) is 2. The molecule has 0 aliphatic heterocycles. The molecular formula is C17H26N2O. The molecule has 1 fully saturated rings. The average molecular weight is 274 g/mol. The fraction of sp³-hybridized carbons (Fsp3) is 0.588. The second-order valence-electron chi connectivity index (χ2n) is 7.13. The first kappa shape index (κ1) is 15.0. The van der Waals surface area contributed by atoms with E-state index in [1.165, 1.54) is 5.56 Å². The maximum atomic E-state index is 12.1. The van der Waals surface area contributed by atoms with Crippen LogP contribution in [-0.4, -0.2) is 12.5 Å². The normalized spacial score (nSPS) is 21.3. The van der Waals surface area contributed by atoms with Gasteiger partial charge in [-0.15, -0.1) is 0 Å². The topological polar surface area (TPSA) is 55.1 Å². The first-order chi connectivity index (χ1) is 9.18. The van der Waals surface area contributed by atoms with E-state index in [0.717, 1.165) is 5.56 Å². The zero-order valence-corrected chi connectivity index (χ0v) is 13.2. The summed E-state index contributed by atoms with van der Waals surface area (Å²) in [5, 5.41) is 3.00. The molecule has 3 nitrogen and oxygen atoms in total. The van der Waals surface area contributed by atoms with Crippen molar-refractivity contribution in [2.45, 2.75) is 40.7 Å². The van der Waals surface area contributed by atoms with Crippen LogP contribution in [0.15, 0.2) is 24.3 Å². The van der Waals surface area contributed by atoms with Crippen molar-refractivity contribution in [2.24, 2.45) is 22.5 Å². The molecule has 0 saturated heterocycles. The predicted molar refractivity (Wildman–Crippen MR) is 82.2 cm³/mol. The van der Waals surface area contributed by atoms with E-state index in [9.17, 15) is 4.79 Å². The van der Waals surface area contributed by atoms with Gasteiger partial charge in [0.05, 0.1) is 0 Å². The molecule has 1 aromatic rings. The number of rotatable bonds is 4. The molecule has 20 heavy (non-hydrogen) atoms. The number of amides is 1. The van der Waals surface area contributed by atoms with Crippen LogP contribution in [0.5, 0.6) is 0 Å². The smallest absolute Gasteiger partial charge is 0.241 e. The Bertz CT molecular complexity index is 488. The van der Waals surface area contributed by atoms with Gasteiger partial charge in [-0.3, -0.25) is 4.79 Å². The Morgan fingerprint density at radius 3 is 2.15 bits per heavy atom. The van der Waals surface area contributed by atoms with Crippen LogP contribution in [0.3, 0.4) is 0 Å². The molecule has 0 aromatic heterocycles. The lowest BCUT2D eigenvalue weighted by atomic mass is 10.0. The summed E-state index contributed by atoms with van der Waals surface area (Å²) in [6.45, 7) is 11.7. The Morgan fingerprint density at radius 1 is 1.20 bits per heavy atom. The zero-order valence-electron chi connectivity index (χ0n) is 13.2. The van der Waals surface area contributed by atoms with Crippen molar-refractivity contribution in [2.75, 3.05) is 6.54 Å². The molecule has 1 amide bonds. The van der Waals surface area contributed by atoms with Gasteiger partial charge < -0.3 is 11.1 Å². The van der Waals surface area contributed by atoms with Gasteiger partial charge in [-0.25, -0.2) is 0 Å². The Balaban J connectivity index is 1.91. The largest absolute Gasteiger partial charge is 0.354 e. The molecule has 1 atom stereocenters. The van der Waals surface area contributed by atoms with E-state index in [1.54, 1.807) is 0 Å². The molecular weight excluding hydrogens is 248 g/mol. The van der Waals surface area contributed by atoms with Gasteiger partial charge in [-0.1, -0.05) is 57.5 Å². The Hall–Kier alpha value is -1.35. The van der Waals surface area contributed by atoms with Crippen LogP contribution in [0.1, 0.15) is 44.9 Å². The highest BCUT2D eigenvalue weighted by Crippen LogP contribution is 2.67. The quantitative estimate of drug-likeness (QED) is 0.887. The molecule has 1 aliphatic rings. The maximum absolute atomic E-state index is 12.1. The molecule has 0 spiro atoms. The van der Waals surface area contributed by atoms with Crippen LogP contribution >= 0.6 is 0 Å². The lowest BCUT2D eigenvalue weighted by Gasteiger charge is -2.13. The molecule has 3 heteroatoms. The fourth-order valence-corrected chi connectivity index (χ4v) is 3.08. The molecule has 2 rings (SSSR count). The number of hydrogen-bond donors (Lipinski definition) is 2. The van der Waals surface area contributed by atoms with Crippen LogP contribution in [0.4, 0.5) is 0 Å². The van der Waals surface area contributed by atoms with Crippen molar-refractivity contribution in [1.29, 1.82) is 0 Å². The average Bonchev–Trinajstić information content (AvgIpc) is 2.77. The predicted octanol–water partition coefficient (Wildman–Crippen LogP) is 2.79. The molecule has 1 unspecified atom stereocenters. The molecule has 3 N–H and O–H groups in total. The number of carbonyl (C=O) groups excluding carboxylic acids is 1. The van der Waals surface area contributed by atoms with Crippen LogP contribution in [0.25, 0.3) is 0 Å². The van der Waals surface area contributed by atoms with Gasteiger partial charge in [0.25, 0.3) is 0 Å². The van der Waals surface area contributed by atoms with E-state index >= 15 is 0 Å². The number of nitrogens with one attached hydrogen (secondary N) is 1. The van der Waals surface area contributed by atoms with Crippen LogP contribution in [0, 0.1) is 23.7 Å². The Labute approximate surface area is 121 Å². The summed E-state index contributed by atoms with van der Waals surface area (Å²) in [4.78, 5) is 12.1. The van der Waals surface area contributed by atoms with Crippen LogP contribution < -0.4 is 11.1 Å². The number of benzene rings is 1. The fourth-order valence-electron chi connectivity index (χ4n) is 3.08. The SMILES string of the molecule is Cc1ccc(C(N)C(=O)NCC2C(C)(C)C2(C)C)cc1. The van der Waals surface area contributed by atoms with E-state index < -0.39 is 6.04 Å². The summed E-state index contributed by atoms with van der Waals surface area (Å²) in [5.41, 5.74) is 8.62. The molecule has 0 radical (unpaired) electrons. The minimum Gasteiger partial charge on any atom is -0.354 e. The first-order valence-electron chi connectivity index (χ1n) is 7.28. The maximum Gasteiger partial charge on any atom is 0.241 e. The van der Waals surface area contributed by atoms with Crippen molar-refractivity contribution in [1.82, 2.24) is 5.32 Å². The van der Waals surface area contributed by atoms with Gasteiger partial charge in [0.1, 0.15) is 6.04 Å². The molecule has 1 aromatic carbocycles. The van der Waals surface area contributed by atoms with Crippen molar-refractivity contribution >= 4 is 5.91 Å². The molecule has 0 heterocycles. The third-order valence-electron chi connectivity index (χ3n) is 5.52. The van der Waals surface area contributed by atoms with Gasteiger partial charge in [-0.05, 0) is 29.2 Å². The number of carbonyl (C=O) groups is 1. The molecule has 1 aliphatic carbocycles. The summed E-state index contributed by atoms with van der Waals surface area (Å²) in [6, 6.07) is 7.22. The molecule has 110 valence electrons. The third-order valence-corrected chi connectivity index (χ3v) is 5.52. The van der Waals surface area contributed by atoms with Crippen LogP contribution in [-0.2, 0) is 4.79 Å². The summed E-state index contributed by atoms with van der Waals surface area (Å²) in [6.07, 6.45) is 0. The van der Waals surface area contributed by atoms with E-state index in [4.69, 9.17) is 5.73 Å². The first-order valence-corrected chi connectivity index (χ1v) is 7.28. The summed E-state index contributed by atoms with van der Waals surface area (Å²) >= 11 is 0. The van der Waals surface area contributed by atoms with Gasteiger partial charge in [0.15, 0.2) is 0 Å². The second-order valence-corrected chi connectivity index (χ2v) is 7.13. The highest BCUT2D eigenvalue weighted by Gasteiger charge is 2.64. The van der Waals surface area contributed by atoms with Gasteiger partial charge in [0, 0.05) is 6.54 Å². The summed E-state index contributed by atoms with van der Waals surface area (Å²) in [5.74, 6) is 0.427. The highest BCUT2D eigenvalue weighted by molar-refractivity contribution is 5.83. The second kappa shape index (κ2) is 4.88. The number of aryl methyl sites for hydroxylation is 1. The van der Waals surface area contributed by atoms with E-state index in [0.29, 0.717) is 12.5 Å². The lowest BCUT2D eigenvalue weighted by Crippen LogP contribution is -2.35. The summed E-state index contributed by atoms with van der Waals surface area (Å²) in [7, 11) is 0. The number of nitrogens with two attached hydrogens (primary N) is 1. The van der Waals surface area contributed by atoms with Gasteiger partial charge in [0.2, 0.25) is 5.91 Å². The molecule has 1 saturated carbocycles.